The smallest absolute Gasteiger partial charge is 0.251 e. The van der Waals surface area contributed by atoms with E-state index in [1.54, 1.807) is 0 Å². The molecule has 2 aromatic rings. The number of rotatable bonds is 2. The topological polar surface area (TPSA) is 67.2 Å². The molecule has 0 atom stereocenters. The Labute approximate surface area is 124 Å². The number of aliphatic hydroxyl groups excluding tert-OH is 1. The lowest BCUT2D eigenvalue weighted by Crippen LogP contribution is -2.38. The van der Waals surface area contributed by atoms with E-state index in [2.05, 4.69) is 10.3 Å². The summed E-state index contributed by atoms with van der Waals surface area (Å²) in [7, 11) is 1.97. The number of nitrogens with zero attached hydrogens (tertiary/aromatic N) is 2. The van der Waals surface area contributed by atoms with Crippen LogP contribution < -0.4 is 5.32 Å². The largest absolute Gasteiger partial charge is 0.393 e. The van der Waals surface area contributed by atoms with Gasteiger partial charge in [-0.1, -0.05) is 0 Å². The molecule has 5 nitrogen and oxygen atoms in total. The molecular formula is C16H21N3O2. The van der Waals surface area contributed by atoms with Crippen LogP contribution in [-0.4, -0.2) is 32.7 Å². The summed E-state index contributed by atoms with van der Waals surface area (Å²) in [6.45, 7) is 1.95. The standard InChI is InChI=1S/C16H21N3O2/c1-10-17-14-9-11(3-8-15(14)19(10)2)16(21)18-12-4-6-13(20)7-5-12/h3,8-9,12-13,20H,4-7H2,1-2H3,(H,18,21). The van der Waals surface area contributed by atoms with Crippen LogP contribution in [0.4, 0.5) is 0 Å². The van der Waals surface area contributed by atoms with E-state index < -0.39 is 0 Å². The molecule has 0 bridgehead atoms. The minimum atomic E-state index is -0.203. The molecule has 21 heavy (non-hydrogen) atoms. The molecule has 0 radical (unpaired) electrons. The van der Waals surface area contributed by atoms with Gasteiger partial charge < -0.3 is 15.0 Å². The van der Waals surface area contributed by atoms with E-state index in [0.717, 1.165) is 42.5 Å². The summed E-state index contributed by atoms with van der Waals surface area (Å²) in [4.78, 5) is 16.8. The molecule has 1 amide bonds. The molecular weight excluding hydrogens is 266 g/mol. The fourth-order valence-corrected chi connectivity index (χ4v) is 2.95. The summed E-state index contributed by atoms with van der Waals surface area (Å²) in [6.07, 6.45) is 3.02. The van der Waals surface area contributed by atoms with Crippen molar-refractivity contribution in [1.82, 2.24) is 14.9 Å². The Balaban J connectivity index is 1.75. The normalized spacial score (nSPS) is 22.4. The maximum absolute atomic E-state index is 12.3. The first-order chi connectivity index (χ1) is 10.0. The number of carbonyl (C=O) groups excluding carboxylic acids is 1. The van der Waals surface area contributed by atoms with Gasteiger partial charge in [-0.15, -0.1) is 0 Å². The predicted octanol–water partition coefficient (Wildman–Crippen LogP) is 1.92. The Morgan fingerprint density at radius 2 is 2.05 bits per heavy atom. The van der Waals surface area contributed by atoms with Gasteiger partial charge in [-0.3, -0.25) is 4.79 Å². The Morgan fingerprint density at radius 3 is 2.76 bits per heavy atom. The second kappa shape index (κ2) is 5.48. The highest BCUT2D eigenvalue weighted by Crippen LogP contribution is 2.20. The summed E-state index contributed by atoms with van der Waals surface area (Å²) in [5.41, 5.74) is 2.53. The number of aliphatic hydroxyl groups is 1. The van der Waals surface area contributed by atoms with Crippen molar-refractivity contribution in [2.45, 2.75) is 44.8 Å². The van der Waals surface area contributed by atoms with Gasteiger partial charge in [0.15, 0.2) is 0 Å². The van der Waals surface area contributed by atoms with Gasteiger partial charge >= 0.3 is 0 Å². The van der Waals surface area contributed by atoms with E-state index in [9.17, 15) is 9.90 Å². The molecule has 1 heterocycles. The summed E-state index contributed by atoms with van der Waals surface area (Å²) in [5, 5.41) is 12.6. The molecule has 1 aromatic carbocycles. The monoisotopic (exact) mass is 287 g/mol. The highest BCUT2D eigenvalue weighted by atomic mass is 16.3. The Morgan fingerprint density at radius 1 is 1.33 bits per heavy atom. The van der Waals surface area contributed by atoms with Gasteiger partial charge in [-0.25, -0.2) is 4.98 Å². The number of fused-ring (bicyclic) bond motifs is 1. The van der Waals surface area contributed by atoms with Crippen molar-refractivity contribution < 1.29 is 9.90 Å². The fraction of sp³-hybridized carbons (Fsp3) is 0.500. The Kier molecular flexibility index (Phi) is 3.68. The van der Waals surface area contributed by atoms with Crippen LogP contribution in [0.2, 0.25) is 0 Å². The van der Waals surface area contributed by atoms with Crippen molar-refractivity contribution in [3.05, 3.63) is 29.6 Å². The third-order valence-electron chi connectivity index (χ3n) is 4.40. The molecule has 0 unspecified atom stereocenters. The van der Waals surface area contributed by atoms with E-state index in [1.807, 2.05) is 36.7 Å². The van der Waals surface area contributed by atoms with Crippen molar-refractivity contribution in [2.24, 2.45) is 7.05 Å². The second-order valence-electron chi connectivity index (χ2n) is 5.90. The van der Waals surface area contributed by atoms with Crippen LogP contribution in [-0.2, 0) is 7.05 Å². The van der Waals surface area contributed by atoms with E-state index in [4.69, 9.17) is 0 Å². The number of benzene rings is 1. The van der Waals surface area contributed by atoms with Crippen LogP contribution in [0.1, 0.15) is 41.9 Å². The first kappa shape index (κ1) is 14.1. The summed E-state index contributed by atoms with van der Waals surface area (Å²) in [6, 6.07) is 5.79. The molecule has 1 fully saturated rings. The average Bonchev–Trinajstić information content (AvgIpc) is 2.76. The summed E-state index contributed by atoms with van der Waals surface area (Å²) >= 11 is 0. The van der Waals surface area contributed by atoms with Gasteiger partial charge in [0.25, 0.3) is 5.91 Å². The molecule has 1 saturated carbocycles. The number of nitrogens with one attached hydrogen (secondary N) is 1. The first-order valence-corrected chi connectivity index (χ1v) is 7.46. The quantitative estimate of drug-likeness (QED) is 0.886. The number of amides is 1. The minimum absolute atomic E-state index is 0.0541. The molecule has 0 aliphatic heterocycles. The van der Waals surface area contributed by atoms with E-state index in [-0.39, 0.29) is 18.1 Å². The van der Waals surface area contributed by atoms with Crippen LogP contribution in [0.3, 0.4) is 0 Å². The van der Waals surface area contributed by atoms with Gasteiger partial charge in [-0.2, -0.15) is 0 Å². The number of hydrogen-bond acceptors (Lipinski definition) is 3. The van der Waals surface area contributed by atoms with Gasteiger partial charge in [0.05, 0.1) is 17.1 Å². The molecule has 1 aliphatic rings. The van der Waals surface area contributed by atoms with Crippen LogP contribution in [0, 0.1) is 6.92 Å². The van der Waals surface area contributed by atoms with Crippen LogP contribution >= 0.6 is 0 Å². The third-order valence-corrected chi connectivity index (χ3v) is 4.40. The number of imidazole rings is 1. The van der Waals surface area contributed by atoms with Gasteiger partial charge in [0.2, 0.25) is 0 Å². The van der Waals surface area contributed by atoms with Gasteiger partial charge in [0.1, 0.15) is 5.82 Å². The summed E-state index contributed by atoms with van der Waals surface area (Å²) in [5.74, 6) is 0.880. The van der Waals surface area contributed by atoms with Gasteiger partial charge in [-0.05, 0) is 50.8 Å². The zero-order valence-corrected chi connectivity index (χ0v) is 12.5. The predicted molar refractivity (Wildman–Crippen MR) is 81.2 cm³/mol. The SMILES string of the molecule is Cc1nc2cc(C(=O)NC3CCC(O)CC3)ccc2n1C. The van der Waals surface area contributed by atoms with Crippen LogP contribution in [0.15, 0.2) is 18.2 Å². The lowest BCUT2D eigenvalue weighted by molar-refractivity contribution is 0.0868. The lowest BCUT2D eigenvalue weighted by atomic mass is 9.93. The molecule has 2 N–H and O–H groups in total. The molecule has 1 aliphatic carbocycles. The molecule has 1 aromatic heterocycles. The van der Waals surface area contributed by atoms with Crippen molar-refractivity contribution in [3.63, 3.8) is 0 Å². The molecule has 112 valence electrons. The van der Waals surface area contributed by atoms with Crippen molar-refractivity contribution in [1.29, 1.82) is 0 Å². The number of aromatic nitrogens is 2. The maximum Gasteiger partial charge on any atom is 0.251 e. The highest BCUT2D eigenvalue weighted by Gasteiger charge is 2.21. The number of hydrogen-bond donors (Lipinski definition) is 2. The van der Waals surface area contributed by atoms with Crippen molar-refractivity contribution >= 4 is 16.9 Å². The highest BCUT2D eigenvalue weighted by molar-refractivity contribution is 5.97. The third kappa shape index (κ3) is 2.78. The molecule has 0 spiro atoms. The van der Waals surface area contributed by atoms with Crippen molar-refractivity contribution in [3.8, 4) is 0 Å². The van der Waals surface area contributed by atoms with Crippen LogP contribution in [0.5, 0.6) is 0 Å². The van der Waals surface area contributed by atoms with Crippen molar-refractivity contribution in [2.75, 3.05) is 0 Å². The fourth-order valence-electron chi connectivity index (χ4n) is 2.95. The number of aryl methyl sites for hydroxylation is 2. The van der Waals surface area contributed by atoms with E-state index in [1.165, 1.54) is 0 Å². The zero-order chi connectivity index (χ0) is 15.0. The van der Waals surface area contributed by atoms with Gasteiger partial charge in [0, 0.05) is 18.7 Å². The zero-order valence-electron chi connectivity index (χ0n) is 12.5. The maximum atomic E-state index is 12.3. The molecule has 0 saturated heterocycles. The number of carbonyl (C=O) groups is 1. The lowest BCUT2D eigenvalue weighted by Gasteiger charge is -2.26. The molecule has 5 heteroatoms. The Hall–Kier alpha value is -1.88. The molecule has 3 rings (SSSR count). The average molecular weight is 287 g/mol. The van der Waals surface area contributed by atoms with E-state index in [0.29, 0.717) is 5.56 Å². The summed E-state index contributed by atoms with van der Waals surface area (Å²) < 4.78 is 2.01. The van der Waals surface area contributed by atoms with E-state index >= 15 is 0 Å². The Bertz CT molecular complexity index is 669. The second-order valence-corrected chi connectivity index (χ2v) is 5.90. The first-order valence-electron chi connectivity index (χ1n) is 7.46. The van der Waals surface area contributed by atoms with Crippen LogP contribution in [0.25, 0.3) is 11.0 Å². The minimum Gasteiger partial charge on any atom is -0.393 e.